The molecule has 3 heterocycles. The Labute approximate surface area is 690 Å². The van der Waals surface area contributed by atoms with Crippen molar-refractivity contribution in [2.45, 2.75) is 555 Å². The van der Waals surface area contributed by atoms with E-state index < -0.39 is 124 Å². The summed E-state index contributed by atoms with van der Waals surface area (Å²) in [6.07, 6.45) is 66.8. The van der Waals surface area contributed by atoms with Crippen LogP contribution in [0.25, 0.3) is 0 Å². The Kier molecular flexibility index (Phi) is 69.6. The van der Waals surface area contributed by atoms with Gasteiger partial charge in [-0.3, -0.25) is 4.79 Å². The molecule has 3 rings (SSSR count). The van der Waals surface area contributed by atoms with E-state index in [0.717, 1.165) is 44.9 Å². The first-order valence-corrected chi connectivity index (χ1v) is 48.4. The maximum Gasteiger partial charge on any atom is 0.220 e. The summed E-state index contributed by atoms with van der Waals surface area (Å²) in [4.78, 5) is 13.5. The first-order valence-electron chi connectivity index (χ1n) is 48.4. The molecule has 0 aliphatic carbocycles. The van der Waals surface area contributed by atoms with Gasteiger partial charge in [-0.2, -0.15) is 0 Å². The van der Waals surface area contributed by atoms with Crippen LogP contribution in [0.4, 0.5) is 0 Å². The van der Waals surface area contributed by atoms with E-state index in [4.69, 9.17) is 28.4 Å². The summed E-state index contributed by atoms with van der Waals surface area (Å²) in [5, 5.41) is 121. The van der Waals surface area contributed by atoms with Gasteiger partial charge in [0, 0.05) is 6.42 Å². The van der Waals surface area contributed by atoms with Gasteiger partial charge in [-0.05, 0) is 19.3 Å². The van der Waals surface area contributed by atoms with Crippen molar-refractivity contribution in [1.82, 2.24) is 5.32 Å². The maximum atomic E-state index is 13.5. The molecule has 17 unspecified atom stereocenters. The average molecular weight is 1610 g/mol. The lowest BCUT2D eigenvalue weighted by atomic mass is 9.96. The fourth-order valence-corrected chi connectivity index (χ4v) is 16.9. The van der Waals surface area contributed by atoms with E-state index in [0.29, 0.717) is 6.42 Å². The van der Waals surface area contributed by atoms with Gasteiger partial charge in [0.05, 0.1) is 38.6 Å². The molecule has 0 radical (unpaired) electrons. The predicted molar refractivity (Wildman–Crippen MR) is 457 cm³/mol. The van der Waals surface area contributed by atoms with Crippen LogP contribution in [0.2, 0.25) is 0 Å². The van der Waals surface area contributed by atoms with Crippen LogP contribution in [0.3, 0.4) is 0 Å². The SMILES string of the molecule is CCCCCCCCCCCCCCCCCCCCCCCCCCCCC/C=C/C(O)C(COC1OC(CO)C(OC2OC(CO)C(OC3OC(CO)C(O)C(O)C3O)C(O)C2O)C(O)C1O)NC(=O)CCCCCCCCCCCCCCCCCCCCCCCCCCCCCCCCCCCCCCCCC. The monoisotopic (exact) mass is 1610 g/mol. The highest BCUT2D eigenvalue weighted by Gasteiger charge is 2.54. The van der Waals surface area contributed by atoms with Crippen molar-refractivity contribution in [3.8, 4) is 0 Å². The predicted octanol–water partition coefficient (Wildman–Crippen LogP) is 19.4. The molecule has 17 atom stereocenters. The van der Waals surface area contributed by atoms with Gasteiger partial charge < -0.3 is 89.9 Å². The van der Waals surface area contributed by atoms with Gasteiger partial charge in [0.15, 0.2) is 18.9 Å². The number of aliphatic hydroxyl groups excluding tert-OH is 11. The Bertz CT molecular complexity index is 2080. The highest BCUT2D eigenvalue weighted by Crippen LogP contribution is 2.34. The molecular formula is C94H181NO18. The average Bonchev–Trinajstić information content (AvgIpc) is 0.778. The number of allylic oxidation sites excluding steroid dienone is 1. The molecule has 0 spiro atoms. The van der Waals surface area contributed by atoms with Crippen LogP contribution in [0.15, 0.2) is 12.2 Å². The Morgan fingerprint density at radius 2 is 0.549 bits per heavy atom. The van der Waals surface area contributed by atoms with Crippen LogP contribution in [-0.4, -0.2) is 193 Å². The van der Waals surface area contributed by atoms with Gasteiger partial charge in [0.2, 0.25) is 5.91 Å². The molecule has 0 aromatic carbocycles. The zero-order valence-electron chi connectivity index (χ0n) is 72.7. The van der Waals surface area contributed by atoms with Crippen LogP contribution in [0, 0.1) is 0 Å². The summed E-state index contributed by atoms with van der Waals surface area (Å²) in [5.41, 5.74) is 0. The summed E-state index contributed by atoms with van der Waals surface area (Å²) >= 11 is 0. The number of rotatable bonds is 81. The lowest BCUT2D eigenvalue weighted by Gasteiger charge is -2.48. The Hall–Kier alpha value is -1.47. The third-order valence-corrected chi connectivity index (χ3v) is 24.6. The molecule has 3 fully saturated rings. The lowest BCUT2D eigenvalue weighted by Crippen LogP contribution is -2.66. The van der Waals surface area contributed by atoms with E-state index in [2.05, 4.69) is 19.2 Å². The minimum Gasteiger partial charge on any atom is -0.394 e. The number of unbranched alkanes of at least 4 members (excludes halogenated alkanes) is 65. The Morgan fingerprint density at radius 3 is 0.832 bits per heavy atom. The zero-order chi connectivity index (χ0) is 81.7. The summed E-state index contributed by atoms with van der Waals surface area (Å²) in [5.74, 6) is -0.264. The minimum atomic E-state index is -1.98. The van der Waals surface area contributed by atoms with Crippen molar-refractivity contribution < 1.29 is 89.4 Å². The van der Waals surface area contributed by atoms with Gasteiger partial charge in [-0.15, -0.1) is 0 Å². The van der Waals surface area contributed by atoms with Crippen molar-refractivity contribution in [2.75, 3.05) is 26.4 Å². The molecule has 0 aromatic heterocycles. The fourth-order valence-electron chi connectivity index (χ4n) is 16.9. The standard InChI is InChI=1S/C94H181NO18/c1-3-5-7-9-11-13-15-17-19-21-23-25-27-29-31-33-34-35-36-37-38-39-40-41-42-44-46-48-50-52-54-56-58-60-62-64-66-68-70-72-82(100)95-77(78(99)71-69-67-65-63-61-59-57-55-53-51-49-47-45-43-32-30-28-26-24-22-20-18-16-14-12-10-8-6-4-2)76-108-92-88(106)85(103)90(80(74-97)110-92)113-94-89(107)86(104)91(81(75-98)111-94)112-93-87(105)84(102)83(101)79(73-96)109-93/h69,71,77-81,83-94,96-99,101-107H,3-68,70,72-76H2,1-2H3,(H,95,100)/b71-69+. The molecule has 670 valence electrons. The number of amides is 1. The first-order chi connectivity index (χ1) is 55.3. The summed E-state index contributed by atoms with van der Waals surface area (Å²) in [7, 11) is 0. The summed E-state index contributed by atoms with van der Waals surface area (Å²) < 4.78 is 34.6. The lowest BCUT2D eigenvalue weighted by molar-refractivity contribution is -0.379. The van der Waals surface area contributed by atoms with Gasteiger partial charge in [-0.1, -0.05) is 437 Å². The molecule has 0 saturated carbocycles. The van der Waals surface area contributed by atoms with Crippen LogP contribution < -0.4 is 5.32 Å². The number of carbonyl (C=O) groups excluding carboxylic acids is 1. The van der Waals surface area contributed by atoms with Crippen molar-refractivity contribution in [1.29, 1.82) is 0 Å². The summed E-state index contributed by atoms with van der Waals surface area (Å²) in [6.45, 7) is 1.83. The molecule has 19 nitrogen and oxygen atoms in total. The molecule has 0 aromatic rings. The molecule has 3 aliphatic rings. The van der Waals surface area contributed by atoms with Gasteiger partial charge in [0.1, 0.15) is 73.2 Å². The zero-order valence-corrected chi connectivity index (χ0v) is 72.7. The molecule has 113 heavy (non-hydrogen) atoms. The van der Waals surface area contributed by atoms with Gasteiger partial charge >= 0.3 is 0 Å². The molecule has 3 aliphatic heterocycles. The fraction of sp³-hybridized carbons (Fsp3) is 0.968. The molecule has 19 heteroatoms. The third kappa shape index (κ3) is 52.5. The Balaban J connectivity index is 1.29. The van der Waals surface area contributed by atoms with Crippen LogP contribution in [-0.2, 0) is 33.2 Å². The highest BCUT2D eigenvalue weighted by molar-refractivity contribution is 5.76. The number of hydrogen-bond donors (Lipinski definition) is 12. The number of hydrogen-bond acceptors (Lipinski definition) is 18. The quantitative estimate of drug-likeness (QED) is 0.0199. The van der Waals surface area contributed by atoms with E-state index in [-0.39, 0.29) is 18.9 Å². The number of aliphatic hydroxyl groups is 11. The van der Waals surface area contributed by atoms with Crippen LogP contribution in [0.1, 0.15) is 450 Å². The first kappa shape index (κ1) is 106. The maximum absolute atomic E-state index is 13.5. The van der Waals surface area contributed by atoms with Crippen LogP contribution in [0.5, 0.6) is 0 Å². The topological polar surface area (TPSA) is 307 Å². The number of ether oxygens (including phenoxy) is 6. The number of carbonyl (C=O) groups is 1. The second kappa shape index (κ2) is 74.4. The second-order valence-electron chi connectivity index (χ2n) is 34.9. The van der Waals surface area contributed by atoms with E-state index in [9.17, 15) is 61.0 Å². The molecular weight excluding hydrogens is 1430 g/mol. The van der Waals surface area contributed by atoms with Gasteiger partial charge in [0.25, 0.3) is 0 Å². The smallest absolute Gasteiger partial charge is 0.220 e. The van der Waals surface area contributed by atoms with E-state index in [1.807, 2.05) is 6.08 Å². The molecule has 1 amide bonds. The van der Waals surface area contributed by atoms with Crippen LogP contribution >= 0.6 is 0 Å². The summed E-state index contributed by atoms with van der Waals surface area (Å²) in [6, 6.07) is -0.972. The van der Waals surface area contributed by atoms with Crippen molar-refractivity contribution in [3.05, 3.63) is 12.2 Å². The van der Waals surface area contributed by atoms with E-state index in [1.165, 1.54) is 379 Å². The third-order valence-electron chi connectivity index (χ3n) is 24.6. The molecule has 3 saturated heterocycles. The van der Waals surface area contributed by atoms with Gasteiger partial charge in [-0.25, -0.2) is 0 Å². The van der Waals surface area contributed by atoms with Crippen molar-refractivity contribution in [3.63, 3.8) is 0 Å². The van der Waals surface area contributed by atoms with E-state index >= 15 is 0 Å². The second-order valence-corrected chi connectivity index (χ2v) is 34.9. The normalized spacial score (nSPS) is 24.8. The van der Waals surface area contributed by atoms with Crippen molar-refractivity contribution in [2.24, 2.45) is 0 Å². The highest BCUT2D eigenvalue weighted by atomic mass is 16.8. The minimum absolute atomic E-state index is 0.251. The van der Waals surface area contributed by atoms with Crippen molar-refractivity contribution >= 4 is 5.91 Å². The molecule has 12 N–H and O–H groups in total. The largest absolute Gasteiger partial charge is 0.394 e. The molecule has 0 bridgehead atoms. The Morgan fingerprint density at radius 1 is 0.310 bits per heavy atom. The van der Waals surface area contributed by atoms with E-state index in [1.54, 1.807) is 6.08 Å². The number of nitrogens with one attached hydrogen (secondary N) is 1.